The van der Waals surface area contributed by atoms with Crippen molar-refractivity contribution in [2.45, 2.75) is 38.3 Å². The zero-order chi connectivity index (χ0) is 29.5. The zero-order valence-electron chi connectivity index (χ0n) is 22.6. The molecule has 0 saturated carbocycles. The molecule has 1 saturated heterocycles. The molecule has 4 rings (SSSR count). The fourth-order valence-corrected chi connectivity index (χ4v) is 4.65. The standard InChI is InChI=1S/C30H31N3O8/c1-17-6-3-4-7-21(17)32-30(39)33-22-11-9-18(15-26(22)40-2)14-24(34)27(23-8-5-13-31-23)41-25-12-10-19(28(35)36)16-20(25)29(37)38/h3-4,6-7,9-12,15-16,23,27,31H,5,8,13-14H2,1-2H3,(H,35,36)(H,37,38)(H2,32,33,39)/t23?,27-/m0/s1. The number of anilines is 2. The maximum Gasteiger partial charge on any atom is 0.339 e. The van der Waals surface area contributed by atoms with Gasteiger partial charge in [0, 0.05) is 12.1 Å². The molecule has 5 N–H and O–H groups in total. The number of para-hydroxylation sites is 1. The second-order valence-corrected chi connectivity index (χ2v) is 9.63. The molecule has 1 aliphatic heterocycles. The summed E-state index contributed by atoms with van der Waals surface area (Å²) < 4.78 is 11.4. The van der Waals surface area contributed by atoms with Gasteiger partial charge in [-0.1, -0.05) is 24.3 Å². The SMILES string of the molecule is COc1cc(CC(=O)[C@@H](Oc2ccc(C(=O)O)cc2C(=O)O)C2CCCN2)ccc1NC(=O)Nc1ccccc1C. The number of carbonyl (C=O) groups excluding carboxylic acids is 2. The third kappa shape index (κ3) is 7.20. The second-order valence-electron chi connectivity index (χ2n) is 9.63. The average molecular weight is 562 g/mol. The van der Waals surface area contributed by atoms with Gasteiger partial charge in [-0.2, -0.15) is 0 Å². The Balaban J connectivity index is 1.51. The van der Waals surface area contributed by atoms with Gasteiger partial charge in [-0.05, 0) is 73.8 Å². The molecule has 3 aromatic carbocycles. The van der Waals surface area contributed by atoms with Crippen LogP contribution in [0, 0.1) is 6.92 Å². The molecule has 0 aliphatic carbocycles. The van der Waals surface area contributed by atoms with E-state index in [0.717, 1.165) is 18.1 Å². The third-order valence-corrected chi connectivity index (χ3v) is 6.78. The van der Waals surface area contributed by atoms with Gasteiger partial charge >= 0.3 is 18.0 Å². The molecular weight excluding hydrogens is 530 g/mol. The van der Waals surface area contributed by atoms with Crippen molar-refractivity contribution in [3.63, 3.8) is 0 Å². The van der Waals surface area contributed by atoms with Crippen molar-refractivity contribution in [1.82, 2.24) is 5.32 Å². The summed E-state index contributed by atoms with van der Waals surface area (Å²) in [4.78, 5) is 49.3. The Kier molecular flexibility index (Phi) is 9.20. The van der Waals surface area contributed by atoms with Gasteiger partial charge in [0.2, 0.25) is 0 Å². The highest BCUT2D eigenvalue weighted by molar-refractivity contribution is 6.01. The lowest BCUT2D eigenvalue weighted by Gasteiger charge is -2.25. The fourth-order valence-electron chi connectivity index (χ4n) is 4.65. The highest BCUT2D eigenvalue weighted by Gasteiger charge is 2.33. The number of Topliss-reactive ketones (excluding diaryl/α,β-unsaturated/α-hetero) is 1. The highest BCUT2D eigenvalue weighted by Crippen LogP contribution is 2.28. The maximum absolute atomic E-state index is 13.5. The molecule has 1 fully saturated rings. The summed E-state index contributed by atoms with van der Waals surface area (Å²) in [6.45, 7) is 2.56. The van der Waals surface area contributed by atoms with E-state index >= 15 is 0 Å². The first kappa shape index (κ1) is 29.1. The summed E-state index contributed by atoms with van der Waals surface area (Å²) in [6.07, 6.45) is 0.397. The molecule has 0 bridgehead atoms. The van der Waals surface area contributed by atoms with Crippen molar-refractivity contribution < 1.29 is 38.9 Å². The first-order valence-corrected chi connectivity index (χ1v) is 13.0. The number of carboxylic acids is 2. The second kappa shape index (κ2) is 13.0. The van der Waals surface area contributed by atoms with Crippen LogP contribution in [0.25, 0.3) is 0 Å². The van der Waals surface area contributed by atoms with E-state index in [1.165, 1.54) is 19.2 Å². The number of amides is 2. The molecule has 41 heavy (non-hydrogen) atoms. The predicted octanol–water partition coefficient (Wildman–Crippen LogP) is 4.36. The highest BCUT2D eigenvalue weighted by atomic mass is 16.5. The molecule has 2 amide bonds. The van der Waals surface area contributed by atoms with Crippen LogP contribution in [0.15, 0.2) is 60.7 Å². The Hall–Kier alpha value is -4.90. The molecule has 0 aromatic heterocycles. The van der Waals surface area contributed by atoms with Crippen molar-refractivity contribution in [2.24, 2.45) is 0 Å². The van der Waals surface area contributed by atoms with Crippen molar-refractivity contribution in [1.29, 1.82) is 0 Å². The van der Waals surface area contributed by atoms with Gasteiger partial charge in [0.25, 0.3) is 0 Å². The number of methoxy groups -OCH3 is 1. The monoisotopic (exact) mass is 561 g/mol. The Labute approximate surface area is 236 Å². The Morgan fingerprint density at radius 2 is 1.71 bits per heavy atom. The fraction of sp³-hybridized carbons (Fsp3) is 0.267. The number of urea groups is 1. The first-order valence-electron chi connectivity index (χ1n) is 13.0. The van der Waals surface area contributed by atoms with Crippen LogP contribution in [0.4, 0.5) is 16.2 Å². The van der Waals surface area contributed by atoms with E-state index in [-0.39, 0.29) is 35.1 Å². The topological polar surface area (TPSA) is 163 Å². The predicted molar refractivity (Wildman–Crippen MR) is 151 cm³/mol. The molecule has 3 aromatic rings. The van der Waals surface area contributed by atoms with Crippen molar-refractivity contribution in [2.75, 3.05) is 24.3 Å². The molecule has 0 spiro atoms. The number of aromatic carboxylic acids is 2. The lowest BCUT2D eigenvalue weighted by molar-refractivity contribution is -0.126. The lowest BCUT2D eigenvalue weighted by atomic mass is 9.98. The molecule has 1 heterocycles. The summed E-state index contributed by atoms with van der Waals surface area (Å²) in [6, 6.07) is 15.0. The van der Waals surface area contributed by atoms with Crippen LogP contribution in [0.3, 0.4) is 0 Å². The van der Waals surface area contributed by atoms with Gasteiger partial charge < -0.3 is 35.6 Å². The largest absolute Gasteiger partial charge is 0.495 e. The smallest absolute Gasteiger partial charge is 0.339 e. The normalized spacial score (nSPS) is 15.0. The number of nitrogens with one attached hydrogen (secondary N) is 3. The van der Waals surface area contributed by atoms with E-state index in [4.69, 9.17) is 9.47 Å². The molecule has 11 heteroatoms. The van der Waals surface area contributed by atoms with Gasteiger partial charge in [-0.15, -0.1) is 0 Å². The molecule has 0 radical (unpaired) electrons. The van der Waals surface area contributed by atoms with Crippen LogP contribution >= 0.6 is 0 Å². The number of hydrogen-bond donors (Lipinski definition) is 5. The molecule has 2 atom stereocenters. The minimum atomic E-state index is -1.37. The average Bonchev–Trinajstić information content (AvgIpc) is 3.48. The minimum absolute atomic E-state index is 0.0511. The third-order valence-electron chi connectivity index (χ3n) is 6.78. The molecule has 1 aliphatic rings. The van der Waals surface area contributed by atoms with Crippen LogP contribution in [0.2, 0.25) is 0 Å². The van der Waals surface area contributed by atoms with Crippen molar-refractivity contribution >= 4 is 35.1 Å². The number of benzene rings is 3. The Morgan fingerprint density at radius 1 is 0.951 bits per heavy atom. The summed E-state index contributed by atoms with van der Waals surface area (Å²) in [5.41, 5.74) is 2.03. The van der Waals surface area contributed by atoms with E-state index in [0.29, 0.717) is 35.7 Å². The minimum Gasteiger partial charge on any atom is -0.495 e. The number of rotatable bonds is 11. The van der Waals surface area contributed by atoms with Crippen molar-refractivity contribution in [3.8, 4) is 11.5 Å². The zero-order valence-corrected chi connectivity index (χ0v) is 22.6. The quantitative estimate of drug-likeness (QED) is 0.229. The van der Waals surface area contributed by atoms with Gasteiger partial charge in [0.05, 0.1) is 24.4 Å². The lowest BCUT2D eigenvalue weighted by Crippen LogP contribution is -2.45. The van der Waals surface area contributed by atoms with Crippen LogP contribution in [0.1, 0.15) is 44.7 Å². The van der Waals surface area contributed by atoms with E-state index in [1.54, 1.807) is 24.3 Å². The van der Waals surface area contributed by atoms with Crippen LogP contribution in [-0.4, -0.2) is 59.8 Å². The van der Waals surface area contributed by atoms with Gasteiger partial charge in [0.15, 0.2) is 11.9 Å². The number of carboxylic acid groups (broad SMARTS) is 2. The van der Waals surface area contributed by atoms with Gasteiger partial charge in [-0.3, -0.25) is 4.79 Å². The number of hydrogen-bond acceptors (Lipinski definition) is 7. The van der Waals surface area contributed by atoms with Gasteiger partial charge in [-0.25, -0.2) is 14.4 Å². The van der Waals surface area contributed by atoms with Gasteiger partial charge in [0.1, 0.15) is 17.1 Å². The molecule has 1 unspecified atom stereocenters. The van der Waals surface area contributed by atoms with E-state index in [1.807, 2.05) is 25.1 Å². The number of ether oxygens (including phenoxy) is 2. The Bertz CT molecular complexity index is 1470. The van der Waals surface area contributed by atoms with Crippen LogP contribution in [-0.2, 0) is 11.2 Å². The van der Waals surface area contributed by atoms with E-state index in [9.17, 15) is 29.4 Å². The van der Waals surface area contributed by atoms with Crippen molar-refractivity contribution in [3.05, 3.63) is 82.9 Å². The van der Waals surface area contributed by atoms with Crippen LogP contribution in [0.5, 0.6) is 11.5 Å². The number of carbonyl (C=O) groups is 4. The summed E-state index contributed by atoms with van der Waals surface area (Å²) in [5, 5.41) is 27.7. The number of ketones is 1. The Morgan fingerprint density at radius 3 is 2.37 bits per heavy atom. The summed E-state index contributed by atoms with van der Waals surface area (Å²) >= 11 is 0. The molecule has 11 nitrogen and oxygen atoms in total. The summed E-state index contributed by atoms with van der Waals surface area (Å²) in [5.74, 6) is -2.68. The molecular formula is C30H31N3O8. The molecule has 214 valence electrons. The number of aryl methyl sites for hydroxylation is 1. The van der Waals surface area contributed by atoms with Crippen LogP contribution < -0.4 is 25.4 Å². The maximum atomic E-state index is 13.5. The first-order chi connectivity index (χ1) is 19.7. The summed E-state index contributed by atoms with van der Waals surface area (Å²) in [7, 11) is 1.45. The van der Waals surface area contributed by atoms with E-state index in [2.05, 4.69) is 16.0 Å². The van der Waals surface area contributed by atoms with E-state index < -0.39 is 24.1 Å².